The van der Waals surface area contributed by atoms with E-state index in [-0.39, 0.29) is 0 Å². The summed E-state index contributed by atoms with van der Waals surface area (Å²) in [6, 6.07) is 12.3. The minimum Gasteiger partial charge on any atom is -0.374 e. The van der Waals surface area contributed by atoms with E-state index in [1.165, 1.54) is 30.4 Å². The van der Waals surface area contributed by atoms with Crippen LogP contribution in [0.1, 0.15) is 49.8 Å². The summed E-state index contributed by atoms with van der Waals surface area (Å²) in [5, 5.41) is 7.71. The van der Waals surface area contributed by atoms with Crippen LogP contribution in [0.2, 0.25) is 5.02 Å². The molecule has 0 saturated carbocycles. The second kappa shape index (κ2) is 10.3. The molecule has 0 spiro atoms. The lowest BCUT2D eigenvalue weighted by Gasteiger charge is -2.26. The molecule has 0 aliphatic heterocycles. The first kappa shape index (κ1) is 25.7. The fourth-order valence-corrected chi connectivity index (χ4v) is 5.63. The van der Waals surface area contributed by atoms with Crippen molar-refractivity contribution in [1.82, 2.24) is 9.97 Å². The maximum atomic E-state index is 13.2. The largest absolute Gasteiger partial charge is 0.374 e. The summed E-state index contributed by atoms with van der Waals surface area (Å²) in [5.74, 6) is 0.896. The first-order chi connectivity index (χ1) is 16.6. The highest BCUT2D eigenvalue weighted by atomic mass is 35.5. The van der Waals surface area contributed by atoms with E-state index in [0.29, 0.717) is 22.5 Å². The summed E-state index contributed by atoms with van der Waals surface area (Å²) >= 11 is 6.45. The average Bonchev–Trinajstić information content (AvgIpc) is 3.06. The quantitative estimate of drug-likeness (QED) is 0.262. The van der Waals surface area contributed by atoms with E-state index in [0.717, 1.165) is 29.4 Å². The zero-order valence-electron chi connectivity index (χ0n) is 21.1. The third-order valence-electron chi connectivity index (χ3n) is 6.64. The third-order valence-corrected chi connectivity index (χ3v) is 8.44. The van der Waals surface area contributed by atoms with Gasteiger partial charge in [0.2, 0.25) is 5.95 Å². The second-order valence-electron chi connectivity index (χ2n) is 9.98. The molecule has 35 heavy (non-hydrogen) atoms. The Hall–Kier alpha value is -2.40. The maximum Gasteiger partial charge on any atom is 0.229 e. The van der Waals surface area contributed by atoms with Crippen LogP contribution in [0.25, 0.3) is 0 Å². The molecule has 0 amide bonds. The van der Waals surface area contributed by atoms with Crippen LogP contribution < -0.4 is 15.9 Å². The van der Waals surface area contributed by atoms with Gasteiger partial charge in [-0.1, -0.05) is 30.2 Å². The molecule has 0 unspecified atom stereocenters. The molecule has 0 radical (unpaired) electrons. The number of fused-ring (bicyclic) bond motifs is 1. The van der Waals surface area contributed by atoms with Crippen LogP contribution in [-0.2, 0) is 27.7 Å². The Labute approximate surface area is 213 Å². The van der Waals surface area contributed by atoms with Gasteiger partial charge in [0.25, 0.3) is 0 Å². The van der Waals surface area contributed by atoms with Crippen molar-refractivity contribution in [2.45, 2.75) is 51.6 Å². The lowest BCUT2D eigenvalue weighted by atomic mass is 9.98. The Balaban J connectivity index is 1.63. The number of anilines is 4. The van der Waals surface area contributed by atoms with Gasteiger partial charge in [-0.15, -0.1) is 0 Å². The molecule has 1 aliphatic carbocycles. The van der Waals surface area contributed by atoms with Gasteiger partial charge in [-0.05, 0) is 93.8 Å². The fourth-order valence-electron chi connectivity index (χ4n) is 4.33. The summed E-state index contributed by atoms with van der Waals surface area (Å²) < 4.78 is 18.8. The molecule has 1 aliphatic rings. The van der Waals surface area contributed by atoms with E-state index < -0.39 is 12.7 Å². The summed E-state index contributed by atoms with van der Waals surface area (Å²) in [7, 11) is -0.947. The number of aromatic nitrogens is 2. The van der Waals surface area contributed by atoms with Gasteiger partial charge in [-0.2, -0.15) is 4.98 Å². The van der Waals surface area contributed by atoms with Gasteiger partial charge >= 0.3 is 0 Å². The number of methoxy groups -OCH3 is 1. The Morgan fingerprint density at radius 1 is 1.00 bits per heavy atom. The first-order valence-electron chi connectivity index (χ1n) is 12.0. The van der Waals surface area contributed by atoms with Crippen LogP contribution in [0, 0.1) is 0 Å². The molecular formula is C27H34ClN4O2P. The summed E-state index contributed by atoms with van der Waals surface area (Å²) in [6.07, 6.45) is 7.57. The van der Waals surface area contributed by atoms with Crippen molar-refractivity contribution in [3.63, 3.8) is 0 Å². The molecule has 8 heteroatoms. The van der Waals surface area contributed by atoms with Crippen molar-refractivity contribution in [2.75, 3.05) is 31.1 Å². The van der Waals surface area contributed by atoms with Gasteiger partial charge in [0.1, 0.15) is 12.2 Å². The number of nitrogens with one attached hydrogen (secondary N) is 2. The molecule has 1 aromatic heterocycles. The third kappa shape index (κ3) is 6.06. The lowest BCUT2D eigenvalue weighted by Crippen LogP contribution is -2.22. The van der Waals surface area contributed by atoms with Crippen LogP contribution in [-0.4, -0.2) is 30.4 Å². The number of halogens is 1. The van der Waals surface area contributed by atoms with Gasteiger partial charge in [0.05, 0.1) is 17.5 Å². The SMILES string of the molecule is COC(C)(C)c1ccc(Nc2nc(Nc3ccc4c(c3)CCCCC4)ncc2Cl)c(P(C)(C)=O)c1. The highest BCUT2D eigenvalue weighted by Crippen LogP contribution is 2.40. The van der Waals surface area contributed by atoms with Crippen molar-refractivity contribution in [1.29, 1.82) is 0 Å². The predicted octanol–water partition coefficient (Wildman–Crippen LogP) is 7.02. The summed E-state index contributed by atoms with van der Waals surface area (Å²) in [4.78, 5) is 8.99. The number of hydrogen-bond donors (Lipinski definition) is 2. The van der Waals surface area contributed by atoms with Gasteiger partial charge in [0.15, 0.2) is 5.82 Å². The molecule has 0 atom stereocenters. The molecule has 0 saturated heterocycles. The Bertz CT molecular complexity index is 1270. The van der Waals surface area contributed by atoms with Crippen LogP contribution in [0.15, 0.2) is 42.6 Å². The van der Waals surface area contributed by atoms with Crippen molar-refractivity contribution >= 4 is 47.2 Å². The Morgan fingerprint density at radius 2 is 1.74 bits per heavy atom. The van der Waals surface area contributed by atoms with Crippen LogP contribution in [0.5, 0.6) is 0 Å². The van der Waals surface area contributed by atoms with Crippen LogP contribution >= 0.6 is 18.7 Å². The molecule has 1 heterocycles. The van der Waals surface area contributed by atoms with Gasteiger partial charge < -0.3 is 19.9 Å². The lowest BCUT2D eigenvalue weighted by molar-refractivity contribution is 0.0193. The number of hydrogen-bond acceptors (Lipinski definition) is 6. The number of nitrogens with zero attached hydrogens (tertiary/aromatic N) is 2. The molecule has 6 nitrogen and oxygen atoms in total. The predicted molar refractivity (Wildman–Crippen MR) is 147 cm³/mol. The monoisotopic (exact) mass is 512 g/mol. The van der Waals surface area contributed by atoms with Crippen molar-refractivity contribution < 1.29 is 9.30 Å². The van der Waals surface area contributed by atoms with Crippen molar-refractivity contribution in [3.8, 4) is 0 Å². The Morgan fingerprint density at radius 3 is 2.46 bits per heavy atom. The van der Waals surface area contributed by atoms with Crippen LogP contribution in [0.3, 0.4) is 0 Å². The number of benzene rings is 2. The molecular weight excluding hydrogens is 479 g/mol. The first-order valence-corrected chi connectivity index (χ1v) is 15.0. The number of ether oxygens (including phenoxy) is 1. The molecule has 186 valence electrons. The summed E-state index contributed by atoms with van der Waals surface area (Å²) in [6.45, 7) is 7.47. The van der Waals surface area contributed by atoms with Gasteiger partial charge in [0, 0.05) is 18.1 Å². The van der Waals surface area contributed by atoms with Gasteiger partial charge in [-0.25, -0.2) is 4.98 Å². The van der Waals surface area contributed by atoms with E-state index in [9.17, 15) is 4.57 Å². The van der Waals surface area contributed by atoms with E-state index in [1.807, 2.05) is 32.0 Å². The highest BCUT2D eigenvalue weighted by molar-refractivity contribution is 7.70. The Kier molecular flexibility index (Phi) is 7.56. The van der Waals surface area contributed by atoms with E-state index >= 15 is 0 Å². The molecule has 4 rings (SSSR count). The molecule has 3 aromatic rings. The van der Waals surface area contributed by atoms with Crippen molar-refractivity contribution in [3.05, 3.63) is 64.3 Å². The molecule has 0 bridgehead atoms. The molecule has 0 fully saturated rings. The zero-order valence-corrected chi connectivity index (χ0v) is 22.8. The number of rotatable bonds is 7. The smallest absolute Gasteiger partial charge is 0.229 e. The fraction of sp³-hybridized carbons (Fsp3) is 0.407. The molecule has 2 N–H and O–H groups in total. The zero-order chi connectivity index (χ0) is 25.2. The maximum absolute atomic E-state index is 13.2. The minimum absolute atomic E-state index is 0.381. The number of aryl methyl sites for hydroxylation is 2. The van der Waals surface area contributed by atoms with E-state index in [2.05, 4.69) is 38.8 Å². The standard InChI is InChI=1S/C27H34ClN4O2P/c1-27(2,34-3)20-12-14-23(24(16-20)35(4,5)33)31-25-22(28)17-29-26(32-25)30-21-13-11-18-9-7-6-8-10-19(18)15-21/h11-17H,6-10H2,1-5H3,(H2,29,30,31,32). The van der Waals surface area contributed by atoms with E-state index in [4.69, 9.17) is 16.3 Å². The average molecular weight is 513 g/mol. The topological polar surface area (TPSA) is 76.1 Å². The summed E-state index contributed by atoms with van der Waals surface area (Å²) in [5.41, 5.74) is 4.93. The normalized spacial score (nSPS) is 14.2. The van der Waals surface area contributed by atoms with Gasteiger partial charge in [-0.3, -0.25) is 0 Å². The van der Waals surface area contributed by atoms with Crippen molar-refractivity contribution in [2.24, 2.45) is 0 Å². The van der Waals surface area contributed by atoms with Crippen LogP contribution in [0.4, 0.5) is 23.1 Å². The molecule has 2 aromatic carbocycles. The highest BCUT2D eigenvalue weighted by Gasteiger charge is 2.25. The second-order valence-corrected chi connectivity index (χ2v) is 13.6. The van der Waals surface area contributed by atoms with E-state index in [1.54, 1.807) is 26.6 Å². The minimum atomic E-state index is -2.62.